The van der Waals surface area contributed by atoms with Crippen molar-refractivity contribution in [3.63, 3.8) is 0 Å². The van der Waals surface area contributed by atoms with Crippen LogP contribution in [0.2, 0.25) is 0 Å². The van der Waals surface area contributed by atoms with Crippen LogP contribution in [0.25, 0.3) is 0 Å². The molecular weight excluding hydrogens is 271 g/mol. The predicted molar refractivity (Wildman–Crippen MR) is 67.2 cm³/mol. The van der Waals surface area contributed by atoms with Gasteiger partial charge in [0, 0.05) is 18.3 Å². The van der Waals surface area contributed by atoms with Crippen LogP contribution in [0.4, 0.5) is 13.2 Å². The highest BCUT2D eigenvalue weighted by atomic mass is 19.4. The molecule has 1 aromatic carbocycles. The number of hydrogen-bond acceptors (Lipinski definition) is 3. The summed E-state index contributed by atoms with van der Waals surface area (Å²) in [5, 5.41) is 3.50. The van der Waals surface area contributed by atoms with E-state index in [1.807, 2.05) is 0 Å². The number of nitrogens with two attached hydrogens (primary N) is 1. The van der Waals surface area contributed by atoms with Crippen molar-refractivity contribution in [2.24, 2.45) is 5.73 Å². The van der Waals surface area contributed by atoms with E-state index in [4.69, 9.17) is 10.5 Å². The molecule has 1 aromatic heterocycles. The summed E-state index contributed by atoms with van der Waals surface area (Å²) in [6.45, 7) is 0.539. The minimum Gasteiger partial charge on any atom is -0.496 e. The molecule has 2 N–H and O–H groups in total. The highest BCUT2D eigenvalue weighted by molar-refractivity contribution is 5.37. The number of alkyl halides is 3. The van der Waals surface area contributed by atoms with Crippen LogP contribution in [0.1, 0.15) is 16.8 Å². The van der Waals surface area contributed by atoms with E-state index in [0.717, 1.165) is 17.2 Å². The SMILES string of the molecule is COc1ccc(Cn2ccc(C(F)(F)F)n2)cc1CN. The first kappa shape index (κ1) is 14.4. The van der Waals surface area contributed by atoms with Crippen LogP contribution in [0.15, 0.2) is 30.5 Å². The second kappa shape index (κ2) is 5.54. The summed E-state index contributed by atoms with van der Waals surface area (Å²) in [5.41, 5.74) is 6.31. The highest BCUT2D eigenvalue weighted by Crippen LogP contribution is 2.27. The Hall–Kier alpha value is -2.02. The van der Waals surface area contributed by atoms with Gasteiger partial charge in [0.1, 0.15) is 5.75 Å². The summed E-state index contributed by atoms with van der Waals surface area (Å²) < 4.78 is 43.7. The molecule has 0 amide bonds. The standard InChI is InChI=1S/C13H14F3N3O/c1-20-11-3-2-9(6-10(11)7-17)8-19-5-4-12(18-19)13(14,15)16/h2-6H,7-8,17H2,1H3. The normalized spacial score (nSPS) is 11.7. The van der Waals surface area contributed by atoms with Crippen molar-refractivity contribution in [3.8, 4) is 5.75 Å². The van der Waals surface area contributed by atoms with Crippen LogP contribution in [0, 0.1) is 0 Å². The molecule has 0 bridgehead atoms. The quantitative estimate of drug-likeness (QED) is 0.938. The lowest BCUT2D eigenvalue weighted by molar-refractivity contribution is -0.141. The molecule has 0 spiro atoms. The van der Waals surface area contributed by atoms with Gasteiger partial charge in [-0.1, -0.05) is 6.07 Å². The van der Waals surface area contributed by atoms with Crippen molar-refractivity contribution in [3.05, 3.63) is 47.3 Å². The molecule has 0 aliphatic carbocycles. The van der Waals surface area contributed by atoms with E-state index in [-0.39, 0.29) is 6.54 Å². The molecule has 0 saturated carbocycles. The second-order valence-electron chi connectivity index (χ2n) is 4.25. The summed E-state index contributed by atoms with van der Waals surface area (Å²) >= 11 is 0. The zero-order valence-corrected chi connectivity index (χ0v) is 10.8. The number of halogens is 3. The number of methoxy groups -OCH3 is 1. The highest BCUT2D eigenvalue weighted by Gasteiger charge is 2.33. The third-order valence-corrected chi connectivity index (χ3v) is 2.84. The van der Waals surface area contributed by atoms with Gasteiger partial charge in [-0.15, -0.1) is 0 Å². The average Bonchev–Trinajstić information content (AvgIpc) is 2.87. The minimum atomic E-state index is -4.42. The molecule has 0 unspecified atom stereocenters. The van der Waals surface area contributed by atoms with Crippen molar-refractivity contribution in [1.82, 2.24) is 9.78 Å². The van der Waals surface area contributed by atoms with Gasteiger partial charge < -0.3 is 10.5 Å². The zero-order valence-electron chi connectivity index (χ0n) is 10.8. The lowest BCUT2D eigenvalue weighted by Crippen LogP contribution is -2.09. The molecule has 4 nitrogen and oxygen atoms in total. The summed E-state index contributed by atoms with van der Waals surface area (Å²) in [4.78, 5) is 0. The number of hydrogen-bond donors (Lipinski definition) is 1. The van der Waals surface area contributed by atoms with Gasteiger partial charge in [0.05, 0.1) is 13.7 Å². The van der Waals surface area contributed by atoms with Crippen molar-refractivity contribution in [2.75, 3.05) is 7.11 Å². The predicted octanol–water partition coefficient (Wildman–Crippen LogP) is 2.42. The molecule has 0 fully saturated rings. The van der Waals surface area contributed by atoms with Crippen LogP contribution in [0.5, 0.6) is 5.75 Å². The molecule has 0 aliphatic heterocycles. The fraction of sp³-hybridized carbons (Fsp3) is 0.308. The Bertz CT molecular complexity index is 593. The Morgan fingerprint density at radius 1 is 1.30 bits per heavy atom. The van der Waals surface area contributed by atoms with Gasteiger partial charge in [0.15, 0.2) is 5.69 Å². The lowest BCUT2D eigenvalue weighted by atomic mass is 10.1. The van der Waals surface area contributed by atoms with Crippen molar-refractivity contribution in [1.29, 1.82) is 0 Å². The third kappa shape index (κ3) is 3.11. The average molecular weight is 285 g/mol. The van der Waals surface area contributed by atoms with Gasteiger partial charge in [0.2, 0.25) is 0 Å². The van der Waals surface area contributed by atoms with E-state index < -0.39 is 11.9 Å². The van der Waals surface area contributed by atoms with E-state index in [1.165, 1.54) is 18.0 Å². The summed E-state index contributed by atoms with van der Waals surface area (Å²) in [5.74, 6) is 0.660. The lowest BCUT2D eigenvalue weighted by Gasteiger charge is -2.09. The Labute approximate surface area is 114 Å². The fourth-order valence-corrected chi connectivity index (χ4v) is 1.88. The van der Waals surface area contributed by atoms with Gasteiger partial charge >= 0.3 is 6.18 Å². The summed E-state index contributed by atoms with van der Waals surface area (Å²) in [6, 6.07) is 6.26. The van der Waals surface area contributed by atoms with E-state index in [0.29, 0.717) is 12.3 Å². The number of benzene rings is 1. The number of rotatable bonds is 4. The fourth-order valence-electron chi connectivity index (χ4n) is 1.88. The summed E-state index contributed by atoms with van der Waals surface area (Å²) in [7, 11) is 1.54. The first-order valence-corrected chi connectivity index (χ1v) is 5.90. The van der Waals surface area contributed by atoms with Crippen molar-refractivity contribution in [2.45, 2.75) is 19.3 Å². The molecule has 7 heteroatoms. The molecule has 0 aliphatic rings. The van der Waals surface area contributed by atoms with Crippen molar-refractivity contribution < 1.29 is 17.9 Å². The van der Waals surface area contributed by atoms with Gasteiger partial charge in [-0.2, -0.15) is 18.3 Å². The zero-order chi connectivity index (χ0) is 14.8. The number of aromatic nitrogens is 2. The van der Waals surface area contributed by atoms with Gasteiger partial charge in [0.25, 0.3) is 0 Å². The van der Waals surface area contributed by atoms with Crippen LogP contribution in [-0.2, 0) is 19.3 Å². The Kier molecular flexibility index (Phi) is 3.99. The Morgan fingerprint density at radius 2 is 2.05 bits per heavy atom. The second-order valence-corrected chi connectivity index (χ2v) is 4.25. The number of ether oxygens (including phenoxy) is 1. The van der Waals surface area contributed by atoms with E-state index >= 15 is 0 Å². The van der Waals surface area contributed by atoms with E-state index in [9.17, 15) is 13.2 Å². The van der Waals surface area contributed by atoms with Crippen LogP contribution < -0.4 is 10.5 Å². The molecule has 108 valence electrons. The molecule has 0 radical (unpaired) electrons. The molecule has 1 heterocycles. The van der Waals surface area contributed by atoms with Crippen LogP contribution in [0.3, 0.4) is 0 Å². The molecule has 0 saturated heterocycles. The molecular formula is C13H14F3N3O. The van der Waals surface area contributed by atoms with E-state index in [1.54, 1.807) is 18.2 Å². The maximum absolute atomic E-state index is 12.4. The van der Waals surface area contributed by atoms with Crippen molar-refractivity contribution >= 4 is 0 Å². The number of nitrogens with zero attached hydrogens (tertiary/aromatic N) is 2. The van der Waals surface area contributed by atoms with Crippen LogP contribution in [-0.4, -0.2) is 16.9 Å². The Balaban J connectivity index is 2.20. The van der Waals surface area contributed by atoms with Gasteiger partial charge in [-0.25, -0.2) is 0 Å². The van der Waals surface area contributed by atoms with E-state index in [2.05, 4.69) is 5.10 Å². The first-order chi connectivity index (χ1) is 9.44. The monoisotopic (exact) mass is 285 g/mol. The molecule has 20 heavy (non-hydrogen) atoms. The molecule has 0 atom stereocenters. The maximum atomic E-state index is 12.4. The molecule has 2 aromatic rings. The van der Waals surface area contributed by atoms with Gasteiger partial charge in [-0.3, -0.25) is 4.68 Å². The smallest absolute Gasteiger partial charge is 0.435 e. The topological polar surface area (TPSA) is 53.1 Å². The largest absolute Gasteiger partial charge is 0.496 e. The maximum Gasteiger partial charge on any atom is 0.435 e. The third-order valence-electron chi connectivity index (χ3n) is 2.84. The first-order valence-electron chi connectivity index (χ1n) is 5.90. The summed E-state index contributed by atoms with van der Waals surface area (Å²) in [6.07, 6.45) is -3.12. The van der Waals surface area contributed by atoms with Gasteiger partial charge in [-0.05, 0) is 23.8 Å². The van der Waals surface area contributed by atoms with Crippen LogP contribution >= 0.6 is 0 Å². The molecule has 2 rings (SSSR count). The minimum absolute atomic E-state index is 0.243. The Morgan fingerprint density at radius 3 is 2.60 bits per heavy atom.